The van der Waals surface area contributed by atoms with E-state index in [0.29, 0.717) is 11.3 Å². The number of benzene rings is 3. The van der Waals surface area contributed by atoms with E-state index in [2.05, 4.69) is 16.0 Å². The number of aliphatic hydroxyl groups is 1. The predicted molar refractivity (Wildman–Crippen MR) is 131 cm³/mol. The van der Waals surface area contributed by atoms with Gasteiger partial charge in [0.1, 0.15) is 17.7 Å². The number of hydroxylamine groups is 1. The van der Waals surface area contributed by atoms with Crippen LogP contribution >= 0.6 is 0 Å². The fraction of sp³-hybridized carbons (Fsp3) is 0.192. The molecule has 0 fully saturated rings. The SMILES string of the molecule is C[C@@H](O)[C@H](NC(=O)c1ccc(-c2ccc(NC(=O)CNCc3cc(F)cc(F)c3)cc2)cc1)C(=O)NO. The Morgan fingerprint density at radius 1 is 0.892 bits per heavy atom. The van der Waals surface area contributed by atoms with Gasteiger partial charge in [-0.25, -0.2) is 14.3 Å². The molecule has 0 bridgehead atoms. The first-order valence-corrected chi connectivity index (χ1v) is 11.2. The van der Waals surface area contributed by atoms with Crippen LogP contribution in [-0.2, 0) is 16.1 Å². The Morgan fingerprint density at radius 3 is 2.00 bits per heavy atom. The third kappa shape index (κ3) is 7.90. The smallest absolute Gasteiger partial charge is 0.268 e. The van der Waals surface area contributed by atoms with Crippen LogP contribution in [-0.4, -0.2) is 46.7 Å². The minimum Gasteiger partial charge on any atom is -0.391 e. The third-order valence-corrected chi connectivity index (χ3v) is 5.35. The van der Waals surface area contributed by atoms with E-state index in [1.807, 2.05) is 0 Å². The van der Waals surface area contributed by atoms with Crippen LogP contribution in [0.5, 0.6) is 0 Å². The van der Waals surface area contributed by atoms with Crippen LogP contribution in [0.3, 0.4) is 0 Å². The van der Waals surface area contributed by atoms with Gasteiger partial charge < -0.3 is 21.1 Å². The van der Waals surface area contributed by atoms with E-state index >= 15 is 0 Å². The lowest BCUT2D eigenvalue weighted by Gasteiger charge is -2.19. The summed E-state index contributed by atoms with van der Waals surface area (Å²) >= 11 is 0. The molecule has 0 aliphatic rings. The minimum atomic E-state index is -1.32. The van der Waals surface area contributed by atoms with E-state index in [1.165, 1.54) is 24.5 Å². The van der Waals surface area contributed by atoms with Gasteiger partial charge in [-0.05, 0) is 60.0 Å². The highest BCUT2D eigenvalue weighted by Gasteiger charge is 2.25. The van der Waals surface area contributed by atoms with Crippen molar-refractivity contribution in [2.24, 2.45) is 0 Å². The summed E-state index contributed by atoms with van der Waals surface area (Å²) < 4.78 is 26.5. The average Bonchev–Trinajstić information content (AvgIpc) is 2.86. The fourth-order valence-electron chi connectivity index (χ4n) is 3.50. The molecule has 0 aliphatic heterocycles. The lowest BCUT2D eigenvalue weighted by molar-refractivity contribution is -0.133. The molecule has 3 aromatic carbocycles. The van der Waals surface area contributed by atoms with Crippen LogP contribution in [0.15, 0.2) is 66.7 Å². The molecule has 6 N–H and O–H groups in total. The monoisotopic (exact) mass is 512 g/mol. The molecular weight excluding hydrogens is 486 g/mol. The van der Waals surface area contributed by atoms with Crippen LogP contribution in [0.25, 0.3) is 11.1 Å². The maximum atomic E-state index is 13.2. The first-order valence-electron chi connectivity index (χ1n) is 11.2. The largest absolute Gasteiger partial charge is 0.391 e. The lowest BCUT2D eigenvalue weighted by atomic mass is 10.0. The Kier molecular flexibility index (Phi) is 9.39. The summed E-state index contributed by atoms with van der Waals surface area (Å²) in [5, 5.41) is 26.3. The minimum absolute atomic E-state index is 0.0563. The first kappa shape index (κ1) is 27.4. The number of amides is 3. The highest BCUT2D eigenvalue weighted by Crippen LogP contribution is 2.22. The summed E-state index contributed by atoms with van der Waals surface area (Å²) in [6, 6.07) is 15.3. The second kappa shape index (κ2) is 12.7. The highest BCUT2D eigenvalue weighted by molar-refractivity contribution is 5.98. The van der Waals surface area contributed by atoms with E-state index in [1.54, 1.807) is 48.5 Å². The van der Waals surface area contributed by atoms with Crippen molar-refractivity contribution < 1.29 is 33.5 Å². The molecule has 0 aliphatic carbocycles. The Morgan fingerprint density at radius 2 is 1.46 bits per heavy atom. The Bertz CT molecular complexity index is 1230. The highest BCUT2D eigenvalue weighted by atomic mass is 19.1. The molecule has 0 saturated heterocycles. The van der Waals surface area contributed by atoms with Gasteiger partial charge in [0.15, 0.2) is 0 Å². The van der Waals surface area contributed by atoms with E-state index < -0.39 is 35.6 Å². The topological polar surface area (TPSA) is 140 Å². The van der Waals surface area contributed by atoms with E-state index in [9.17, 15) is 28.3 Å². The second-order valence-electron chi connectivity index (χ2n) is 8.25. The molecule has 3 aromatic rings. The molecule has 11 heteroatoms. The number of aliphatic hydroxyl groups excluding tert-OH is 1. The standard InChI is InChI=1S/C26H26F2N4O5/c1-15(33)24(26(36)32-37)31-25(35)19-4-2-17(3-5-19)18-6-8-22(9-7-18)30-23(34)14-29-13-16-10-20(27)12-21(28)11-16/h2-12,15,24,29,33,37H,13-14H2,1H3,(H,30,34)(H,31,35)(H,32,36)/t15-,24+/m1/s1. The quantitative estimate of drug-likeness (QED) is 0.182. The molecule has 3 amide bonds. The van der Waals surface area contributed by atoms with Crippen molar-refractivity contribution in [3.05, 3.63) is 89.5 Å². The molecular formula is C26H26F2N4O5. The number of rotatable bonds is 10. The molecule has 0 saturated carbocycles. The van der Waals surface area contributed by atoms with Gasteiger partial charge >= 0.3 is 0 Å². The van der Waals surface area contributed by atoms with E-state index in [0.717, 1.165) is 17.2 Å². The zero-order valence-corrected chi connectivity index (χ0v) is 19.8. The fourth-order valence-corrected chi connectivity index (χ4v) is 3.50. The first-order chi connectivity index (χ1) is 17.7. The molecule has 0 spiro atoms. The van der Waals surface area contributed by atoms with Crippen molar-refractivity contribution in [3.8, 4) is 11.1 Å². The Balaban J connectivity index is 1.53. The van der Waals surface area contributed by atoms with Gasteiger partial charge in [0.2, 0.25) is 5.91 Å². The summed E-state index contributed by atoms with van der Waals surface area (Å²) in [4.78, 5) is 36.2. The van der Waals surface area contributed by atoms with Crippen molar-refractivity contribution in [1.29, 1.82) is 0 Å². The number of hydrogen-bond donors (Lipinski definition) is 6. The molecule has 0 aromatic heterocycles. The van der Waals surface area contributed by atoms with E-state index in [4.69, 9.17) is 5.21 Å². The lowest BCUT2D eigenvalue weighted by Crippen LogP contribution is -2.51. The van der Waals surface area contributed by atoms with Crippen LogP contribution in [0.4, 0.5) is 14.5 Å². The Labute approximate surface area is 211 Å². The van der Waals surface area contributed by atoms with Crippen molar-refractivity contribution in [1.82, 2.24) is 16.1 Å². The Hall–Kier alpha value is -4.19. The van der Waals surface area contributed by atoms with Gasteiger partial charge in [0.25, 0.3) is 11.8 Å². The summed E-state index contributed by atoms with van der Waals surface area (Å²) in [6.45, 7) is 1.38. The predicted octanol–water partition coefficient (Wildman–Crippen LogP) is 2.34. The van der Waals surface area contributed by atoms with Crippen LogP contribution in [0.2, 0.25) is 0 Å². The molecule has 2 atom stereocenters. The van der Waals surface area contributed by atoms with Crippen molar-refractivity contribution in [2.75, 3.05) is 11.9 Å². The summed E-state index contributed by atoms with van der Waals surface area (Å²) in [5.41, 5.74) is 4.19. The molecule has 3 rings (SSSR count). The van der Waals surface area contributed by atoms with Gasteiger partial charge in [-0.15, -0.1) is 0 Å². The van der Waals surface area contributed by atoms with Gasteiger partial charge in [-0.3, -0.25) is 19.6 Å². The van der Waals surface area contributed by atoms with Crippen molar-refractivity contribution in [3.63, 3.8) is 0 Å². The zero-order chi connectivity index (χ0) is 26.9. The van der Waals surface area contributed by atoms with Crippen molar-refractivity contribution in [2.45, 2.75) is 25.6 Å². The number of carbonyl (C=O) groups is 3. The number of anilines is 1. The molecule has 0 unspecified atom stereocenters. The number of carbonyl (C=O) groups excluding carboxylic acids is 3. The second-order valence-corrected chi connectivity index (χ2v) is 8.25. The molecule has 37 heavy (non-hydrogen) atoms. The number of hydrogen-bond acceptors (Lipinski definition) is 6. The maximum Gasteiger partial charge on any atom is 0.268 e. The molecule has 0 heterocycles. The molecule has 9 nitrogen and oxygen atoms in total. The number of nitrogens with one attached hydrogen (secondary N) is 4. The molecule has 194 valence electrons. The van der Waals surface area contributed by atoms with Crippen LogP contribution in [0, 0.1) is 11.6 Å². The summed E-state index contributed by atoms with van der Waals surface area (Å²) in [6.07, 6.45) is -1.22. The van der Waals surface area contributed by atoms with Crippen LogP contribution < -0.4 is 21.4 Å². The normalized spacial score (nSPS) is 12.4. The number of halogens is 2. The maximum absolute atomic E-state index is 13.2. The van der Waals surface area contributed by atoms with Gasteiger partial charge in [-0.1, -0.05) is 24.3 Å². The summed E-state index contributed by atoms with van der Waals surface area (Å²) in [5.74, 6) is -3.24. The van der Waals surface area contributed by atoms with Gasteiger partial charge in [0, 0.05) is 23.9 Å². The summed E-state index contributed by atoms with van der Waals surface area (Å²) in [7, 11) is 0. The van der Waals surface area contributed by atoms with Crippen molar-refractivity contribution >= 4 is 23.4 Å². The third-order valence-electron chi connectivity index (χ3n) is 5.35. The zero-order valence-electron chi connectivity index (χ0n) is 19.8. The van der Waals surface area contributed by atoms with Gasteiger partial charge in [-0.2, -0.15) is 0 Å². The molecule has 0 radical (unpaired) electrons. The van der Waals surface area contributed by atoms with Crippen LogP contribution in [0.1, 0.15) is 22.8 Å². The van der Waals surface area contributed by atoms with Gasteiger partial charge in [0.05, 0.1) is 12.6 Å². The van der Waals surface area contributed by atoms with E-state index in [-0.39, 0.29) is 24.6 Å². The average molecular weight is 513 g/mol.